The molecule has 7 atom stereocenters. The van der Waals surface area contributed by atoms with Crippen LogP contribution in [0.25, 0.3) is 6.08 Å². The summed E-state index contributed by atoms with van der Waals surface area (Å²) in [4.78, 5) is 84.5. The van der Waals surface area contributed by atoms with Gasteiger partial charge in [-0.25, -0.2) is 0 Å². The molecule has 13 rings (SSSR count). The fourth-order valence-corrected chi connectivity index (χ4v) is 13.1. The minimum Gasteiger partial charge on any atom is -0.393 e. The average Bonchev–Trinajstić information content (AvgIpc) is 1.61. The highest BCUT2D eigenvalue weighted by atomic mass is 19.4. The lowest BCUT2D eigenvalue weighted by Gasteiger charge is -2.27. The molecular formula is C75H84F6N8O6. The number of benzene rings is 1. The van der Waals surface area contributed by atoms with E-state index >= 15 is 0 Å². The van der Waals surface area contributed by atoms with Gasteiger partial charge in [0.05, 0.1) is 34.1 Å². The third-order valence-corrected chi connectivity index (χ3v) is 18.2. The molecule has 2 amide bonds. The lowest BCUT2D eigenvalue weighted by molar-refractivity contribution is -0.138. The predicted octanol–water partition coefficient (Wildman–Crippen LogP) is 15.0. The van der Waals surface area contributed by atoms with Crippen molar-refractivity contribution >= 4 is 35.7 Å². The van der Waals surface area contributed by atoms with Crippen LogP contribution in [0.3, 0.4) is 0 Å². The Labute approximate surface area is 551 Å². The van der Waals surface area contributed by atoms with Crippen LogP contribution in [0.5, 0.6) is 0 Å². The van der Waals surface area contributed by atoms with Crippen LogP contribution in [0.15, 0.2) is 140 Å². The fraction of sp³-hybridized carbons (Fsp3) is 0.427. The number of halogens is 6. The molecule has 502 valence electrons. The first-order valence-electron chi connectivity index (χ1n) is 32.8. The molecule has 5 aliphatic carbocycles. The minimum atomic E-state index is -4.35. The number of carbonyl (C=O) groups is 5. The zero-order valence-electron chi connectivity index (χ0n) is 54.3. The van der Waals surface area contributed by atoms with E-state index < -0.39 is 29.6 Å². The lowest BCUT2D eigenvalue weighted by atomic mass is 9.95. The molecule has 3 N–H and O–H groups in total. The summed E-state index contributed by atoms with van der Waals surface area (Å²) in [5.41, 5.74) is 15.8. The molecule has 6 aromatic heterocycles. The third-order valence-electron chi connectivity index (χ3n) is 18.2. The van der Waals surface area contributed by atoms with Gasteiger partial charge in [-0.15, -0.1) is 0 Å². The second kappa shape index (κ2) is 34.3. The summed E-state index contributed by atoms with van der Waals surface area (Å²) in [6, 6.07) is 27.4. The van der Waals surface area contributed by atoms with E-state index in [1.165, 1.54) is 52.7 Å². The Morgan fingerprint density at radius 1 is 0.495 bits per heavy atom. The van der Waals surface area contributed by atoms with Gasteiger partial charge in [0.2, 0.25) is 0 Å². The van der Waals surface area contributed by atoms with Crippen LogP contribution in [-0.2, 0) is 47.6 Å². The molecule has 7 aromatic rings. The summed E-state index contributed by atoms with van der Waals surface area (Å²) in [5, 5.41) is 9.63. The largest absolute Gasteiger partial charge is 0.416 e. The minimum absolute atomic E-state index is 0.0142. The first-order chi connectivity index (χ1) is 45.4. The van der Waals surface area contributed by atoms with Crippen LogP contribution in [0.1, 0.15) is 189 Å². The van der Waals surface area contributed by atoms with Crippen molar-refractivity contribution < 1.29 is 55.4 Å². The first kappa shape index (κ1) is 72.3. The zero-order valence-corrected chi connectivity index (χ0v) is 54.3. The summed E-state index contributed by atoms with van der Waals surface area (Å²) >= 11 is 0. The van der Waals surface area contributed by atoms with Crippen molar-refractivity contribution in [1.29, 1.82) is 0 Å². The Hall–Kier alpha value is -8.49. The van der Waals surface area contributed by atoms with Gasteiger partial charge in [0.15, 0.2) is 12.1 Å². The highest BCUT2D eigenvalue weighted by Crippen LogP contribution is 2.38. The monoisotopic (exact) mass is 1310 g/mol. The number of carbonyl (C=O) groups excluding carboxylic acids is 5. The van der Waals surface area contributed by atoms with Crippen LogP contribution in [0, 0.1) is 51.4 Å². The quantitative estimate of drug-likeness (QED) is 0.0535. The Kier molecular flexibility index (Phi) is 26.1. The summed E-state index contributed by atoms with van der Waals surface area (Å²) < 4.78 is 74.8. The maximum Gasteiger partial charge on any atom is 0.416 e. The molecule has 0 saturated heterocycles. The number of aliphatic hydroxyl groups excluding tert-OH is 1. The van der Waals surface area contributed by atoms with Crippen LogP contribution >= 0.6 is 0 Å². The Balaban J connectivity index is 0.000000149. The molecule has 7 heterocycles. The number of ketones is 2. The predicted molar refractivity (Wildman–Crippen MR) is 350 cm³/mol. The number of aromatic nitrogens is 6. The molecule has 14 nitrogen and oxygen atoms in total. The second-order valence-corrected chi connectivity index (χ2v) is 25.6. The third kappa shape index (κ3) is 21.5. The Bertz CT molecular complexity index is 3750. The normalized spacial score (nSPS) is 21.7. The van der Waals surface area contributed by atoms with Gasteiger partial charge >= 0.3 is 12.4 Å². The Morgan fingerprint density at radius 2 is 0.958 bits per heavy atom. The zero-order chi connectivity index (χ0) is 68.2. The maximum atomic E-state index is 12.7. The molecule has 0 spiro atoms. The van der Waals surface area contributed by atoms with Gasteiger partial charge in [-0.2, -0.15) is 26.3 Å². The van der Waals surface area contributed by atoms with E-state index in [2.05, 4.69) is 55.9 Å². The number of pyridine rings is 6. The van der Waals surface area contributed by atoms with Crippen LogP contribution in [-0.4, -0.2) is 87.8 Å². The van der Waals surface area contributed by atoms with E-state index in [4.69, 9.17) is 5.73 Å². The van der Waals surface area contributed by atoms with Gasteiger partial charge in [0.25, 0.3) is 11.8 Å². The van der Waals surface area contributed by atoms with Crippen LogP contribution in [0.4, 0.5) is 26.3 Å². The smallest absolute Gasteiger partial charge is 0.393 e. The van der Waals surface area contributed by atoms with Crippen molar-refractivity contribution in [1.82, 2.24) is 34.8 Å². The lowest BCUT2D eigenvalue weighted by Crippen LogP contribution is -2.42. The number of Topliss-reactive ketones (excluding diaryl/α,β-unsaturated/α-hetero) is 2. The topological polar surface area (TPSA) is 212 Å². The summed E-state index contributed by atoms with van der Waals surface area (Å²) in [5.74, 6) is 1.01. The molecule has 6 aliphatic rings. The van der Waals surface area contributed by atoms with E-state index in [-0.39, 0.29) is 41.3 Å². The summed E-state index contributed by atoms with van der Waals surface area (Å²) in [6.07, 6.45) is 19.7. The number of rotatable bonds is 11. The molecular weight excluding hydrogens is 1220 g/mol. The first-order valence-corrected chi connectivity index (χ1v) is 32.8. The SMILES string of the molecule is Cc1ccnc(/C=C2\CCCC2=O)c1.Cc1ccnc(C=O)c1.Cc1ccnc(CC2CCCC2N)c1.Cc1ccnc(CC2CCCC2N2C(=O)c3ccccc3C2=O)c1.O=C1CCCC1Cc1cc(C(F)(F)F)ccn1.OC1CCCC1Cc1cc(C(F)(F)F)ccn1. The van der Waals surface area contributed by atoms with E-state index in [0.29, 0.717) is 71.8 Å². The number of aryl methyl sites for hydroxylation is 4. The number of allylic oxidation sites excluding steroid dienone is 1. The van der Waals surface area contributed by atoms with Gasteiger partial charge in [-0.3, -0.25) is 58.8 Å². The average molecular weight is 1310 g/mol. The highest BCUT2D eigenvalue weighted by molar-refractivity contribution is 6.21. The van der Waals surface area contributed by atoms with E-state index in [9.17, 15) is 55.4 Å². The van der Waals surface area contributed by atoms with Gasteiger partial charge in [0.1, 0.15) is 11.5 Å². The van der Waals surface area contributed by atoms with Crippen LogP contribution < -0.4 is 5.73 Å². The van der Waals surface area contributed by atoms with Crippen molar-refractivity contribution in [3.8, 4) is 0 Å². The van der Waals surface area contributed by atoms with Gasteiger partial charge in [-0.05, 0) is 254 Å². The number of aliphatic hydroxyl groups is 1. The number of nitrogens with zero attached hydrogens (tertiary/aromatic N) is 7. The van der Waals surface area contributed by atoms with E-state index in [0.717, 1.165) is 136 Å². The standard InChI is InChI=1S/C20H20N2O2.C12H14F3NO.C12H12F3NO.C12H18N2.C12H13NO.C7H7NO/c1-13-9-10-21-15(11-13)12-14-5-4-8-18(14)22-19(23)16-6-2-3-7-17(16)20(22)24;2*13-12(14,15)9-4-5-16-10(7-9)6-8-2-1-3-11(8)17;1-9-5-6-14-11(7-9)8-10-3-2-4-12(10)13;1-9-5-6-13-11(7-9)8-10-3-2-4-12(10)14;1-6-2-3-8-7(4-6)5-9/h2-3,6-7,9-11,14,18H,4-5,8,12H2,1H3;4-5,7-8,11,17H,1-3,6H2;4-5,7-8H,1-3,6H2;5-7,10,12H,2-4,8,13H2,1H3;5-8H,2-4H2,1H3;2-5H,1H3/b;;;;10-8+;. The number of fused-ring (bicyclic) bond motifs is 1. The molecule has 0 bridgehead atoms. The fourth-order valence-electron chi connectivity index (χ4n) is 13.1. The summed E-state index contributed by atoms with van der Waals surface area (Å²) in [7, 11) is 0. The number of hydrogen-bond donors (Lipinski definition) is 2. The number of nitrogens with two attached hydrogens (primary N) is 1. The molecule has 1 aromatic carbocycles. The molecule has 95 heavy (non-hydrogen) atoms. The molecule has 5 saturated carbocycles. The Morgan fingerprint density at radius 3 is 1.42 bits per heavy atom. The van der Waals surface area contributed by atoms with E-state index in [1.54, 1.807) is 30.6 Å². The number of hydrogen-bond acceptors (Lipinski definition) is 13. The van der Waals surface area contributed by atoms with Crippen molar-refractivity contribution in [2.45, 2.75) is 180 Å². The van der Waals surface area contributed by atoms with Gasteiger partial charge < -0.3 is 10.8 Å². The van der Waals surface area contributed by atoms with Crippen molar-refractivity contribution in [3.05, 3.63) is 218 Å². The number of alkyl halides is 6. The van der Waals surface area contributed by atoms with Crippen molar-refractivity contribution in [3.63, 3.8) is 0 Å². The van der Waals surface area contributed by atoms with Gasteiger partial charge in [0, 0.05) is 90.8 Å². The van der Waals surface area contributed by atoms with Crippen molar-refractivity contribution in [2.75, 3.05) is 0 Å². The maximum absolute atomic E-state index is 12.7. The molecule has 7 unspecified atom stereocenters. The van der Waals surface area contributed by atoms with E-state index in [1.807, 2.05) is 74.8 Å². The van der Waals surface area contributed by atoms with Crippen molar-refractivity contribution in [2.24, 2.45) is 29.4 Å². The summed E-state index contributed by atoms with van der Waals surface area (Å²) in [6.45, 7) is 8.12. The number of amides is 2. The molecule has 5 fully saturated rings. The molecule has 20 heteroatoms. The second-order valence-electron chi connectivity index (χ2n) is 25.6. The molecule has 1 aliphatic heterocycles. The number of imide groups is 1. The van der Waals surface area contributed by atoms with Gasteiger partial charge in [-0.1, -0.05) is 31.4 Å². The van der Waals surface area contributed by atoms with Crippen LogP contribution in [0.2, 0.25) is 0 Å². The highest BCUT2D eigenvalue weighted by Gasteiger charge is 2.44. The number of aldehydes is 1. The molecule has 0 radical (unpaired) electrons.